The molecule has 0 aromatic carbocycles. The van der Waals surface area contributed by atoms with Crippen molar-refractivity contribution in [3.05, 3.63) is 17.5 Å². The summed E-state index contributed by atoms with van der Waals surface area (Å²) in [5.74, 6) is 2.83. The molecule has 22 heavy (non-hydrogen) atoms. The van der Waals surface area contributed by atoms with Crippen molar-refractivity contribution < 1.29 is 9.26 Å². The van der Waals surface area contributed by atoms with Crippen LogP contribution in [0.1, 0.15) is 56.2 Å². The number of hydrogen-bond donors (Lipinski definition) is 1. The van der Waals surface area contributed by atoms with Crippen LogP contribution in [-0.4, -0.2) is 32.7 Å². The van der Waals surface area contributed by atoms with Gasteiger partial charge in [-0.1, -0.05) is 19.0 Å². The van der Waals surface area contributed by atoms with Gasteiger partial charge in [-0.3, -0.25) is 0 Å². The summed E-state index contributed by atoms with van der Waals surface area (Å²) in [5, 5.41) is 8.17. The van der Waals surface area contributed by atoms with Crippen LogP contribution >= 0.6 is 11.5 Å². The van der Waals surface area contributed by atoms with Gasteiger partial charge in [-0.25, -0.2) is 4.98 Å². The number of nitrogens with zero attached hydrogens (tertiary/aromatic N) is 4. The zero-order chi connectivity index (χ0) is 15.5. The molecule has 7 nitrogen and oxygen atoms in total. The maximum atomic E-state index is 5.46. The first-order valence-electron chi connectivity index (χ1n) is 7.61. The molecule has 1 aliphatic heterocycles. The van der Waals surface area contributed by atoms with Gasteiger partial charge >= 0.3 is 0 Å². The Morgan fingerprint density at radius 2 is 2.00 bits per heavy atom. The maximum Gasteiger partial charge on any atom is 0.249 e. The fourth-order valence-corrected chi connectivity index (χ4v) is 3.28. The molecular formula is C14H21N5O2S. The maximum absolute atomic E-state index is 5.46. The first kappa shape index (κ1) is 15.4. The lowest BCUT2D eigenvalue weighted by atomic mass is 9.91. The normalized spacial score (nSPS) is 17.8. The van der Waals surface area contributed by atoms with Crippen LogP contribution in [0.5, 0.6) is 0 Å². The molecule has 2 aromatic rings. The summed E-state index contributed by atoms with van der Waals surface area (Å²) in [6.07, 6.45) is 1.93. The van der Waals surface area contributed by atoms with Crippen molar-refractivity contribution in [1.82, 2.24) is 19.5 Å². The molecule has 0 radical (unpaired) electrons. The number of ether oxygens (including phenoxy) is 1. The molecule has 1 saturated heterocycles. The van der Waals surface area contributed by atoms with Crippen molar-refractivity contribution in [1.29, 1.82) is 0 Å². The third-order valence-electron chi connectivity index (χ3n) is 3.78. The Morgan fingerprint density at radius 3 is 2.59 bits per heavy atom. The van der Waals surface area contributed by atoms with E-state index >= 15 is 0 Å². The summed E-state index contributed by atoms with van der Waals surface area (Å²) in [5.41, 5.74) is 0. The monoisotopic (exact) mass is 323 g/mol. The minimum atomic E-state index is -0.0435. The van der Waals surface area contributed by atoms with E-state index in [2.05, 4.69) is 38.7 Å². The van der Waals surface area contributed by atoms with Crippen LogP contribution in [0.2, 0.25) is 0 Å². The number of aromatic nitrogens is 4. The molecule has 3 rings (SSSR count). The second kappa shape index (κ2) is 6.70. The molecular weight excluding hydrogens is 302 g/mol. The van der Waals surface area contributed by atoms with Gasteiger partial charge in [-0.15, -0.1) is 0 Å². The van der Waals surface area contributed by atoms with E-state index < -0.39 is 0 Å². The number of aryl methyl sites for hydroxylation is 1. The fraction of sp³-hybridized carbons (Fsp3) is 0.714. The second-order valence-electron chi connectivity index (χ2n) is 5.86. The summed E-state index contributed by atoms with van der Waals surface area (Å²) in [6, 6.07) is -0.0435. The van der Waals surface area contributed by atoms with Gasteiger partial charge in [0.1, 0.15) is 11.9 Å². The van der Waals surface area contributed by atoms with Crippen molar-refractivity contribution in [3.63, 3.8) is 0 Å². The van der Waals surface area contributed by atoms with Gasteiger partial charge < -0.3 is 14.6 Å². The van der Waals surface area contributed by atoms with E-state index in [1.165, 1.54) is 11.5 Å². The van der Waals surface area contributed by atoms with E-state index in [0.29, 0.717) is 23.6 Å². The van der Waals surface area contributed by atoms with Gasteiger partial charge in [0.05, 0.1) is 0 Å². The van der Waals surface area contributed by atoms with Gasteiger partial charge in [-0.05, 0) is 25.7 Å². The highest BCUT2D eigenvalue weighted by Crippen LogP contribution is 2.33. The van der Waals surface area contributed by atoms with Crippen molar-refractivity contribution in [2.45, 2.75) is 45.6 Å². The minimum absolute atomic E-state index is 0.0435. The molecule has 1 fully saturated rings. The highest BCUT2D eigenvalue weighted by molar-refractivity contribution is 7.09. The van der Waals surface area contributed by atoms with E-state index in [0.717, 1.165) is 37.0 Å². The van der Waals surface area contributed by atoms with Crippen molar-refractivity contribution in [2.24, 2.45) is 5.92 Å². The molecule has 2 aromatic heterocycles. The topological polar surface area (TPSA) is 86.0 Å². The molecule has 0 unspecified atom stereocenters. The van der Waals surface area contributed by atoms with Gasteiger partial charge in [0.2, 0.25) is 11.0 Å². The molecule has 3 heterocycles. The number of rotatable bonds is 5. The molecule has 120 valence electrons. The molecule has 0 spiro atoms. The minimum Gasteiger partial charge on any atom is -0.381 e. The van der Waals surface area contributed by atoms with Crippen LogP contribution in [0.3, 0.4) is 0 Å². The number of hydrogen-bond acceptors (Lipinski definition) is 8. The van der Waals surface area contributed by atoms with Gasteiger partial charge in [0, 0.05) is 30.7 Å². The summed E-state index contributed by atoms with van der Waals surface area (Å²) in [4.78, 5) is 8.95. The summed E-state index contributed by atoms with van der Waals surface area (Å²) in [7, 11) is 0. The Kier molecular flexibility index (Phi) is 4.68. The molecule has 1 N–H and O–H groups in total. The van der Waals surface area contributed by atoms with Crippen LogP contribution in [-0.2, 0) is 4.74 Å². The Hall–Kier alpha value is -1.54. The summed E-state index contributed by atoms with van der Waals surface area (Å²) < 4.78 is 15.2. The largest absolute Gasteiger partial charge is 0.381 e. The fourth-order valence-electron chi connectivity index (χ4n) is 2.53. The van der Waals surface area contributed by atoms with Gasteiger partial charge in [0.15, 0.2) is 5.82 Å². The summed E-state index contributed by atoms with van der Waals surface area (Å²) >= 11 is 1.38. The lowest BCUT2D eigenvalue weighted by Crippen LogP contribution is -2.27. The molecule has 1 aliphatic rings. The molecule has 8 heteroatoms. The van der Waals surface area contributed by atoms with Gasteiger partial charge in [-0.2, -0.15) is 9.36 Å². The second-order valence-corrected chi connectivity index (χ2v) is 6.62. The lowest BCUT2D eigenvalue weighted by Gasteiger charge is -2.28. The number of anilines is 1. The predicted octanol–water partition coefficient (Wildman–Crippen LogP) is 2.93. The third-order valence-corrected chi connectivity index (χ3v) is 4.44. The van der Waals surface area contributed by atoms with Crippen molar-refractivity contribution in [3.8, 4) is 0 Å². The molecule has 0 amide bonds. The van der Waals surface area contributed by atoms with E-state index in [1.807, 2.05) is 6.92 Å². The van der Waals surface area contributed by atoms with E-state index in [9.17, 15) is 0 Å². The number of nitrogens with one attached hydrogen (secondary N) is 1. The van der Waals surface area contributed by atoms with E-state index in [1.54, 1.807) is 0 Å². The quantitative estimate of drug-likeness (QED) is 0.905. The van der Waals surface area contributed by atoms with Crippen LogP contribution in [0, 0.1) is 12.8 Å². The van der Waals surface area contributed by atoms with Crippen molar-refractivity contribution >= 4 is 16.7 Å². The average molecular weight is 323 g/mol. The zero-order valence-electron chi connectivity index (χ0n) is 13.1. The molecule has 0 aliphatic carbocycles. The summed E-state index contributed by atoms with van der Waals surface area (Å²) in [6.45, 7) is 7.54. The smallest absolute Gasteiger partial charge is 0.249 e. The molecule has 1 atom stereocenters. The Labute approximate surface area is 133 Å². The molecule has 0 saturated carbocycles. The standard InChI is InChI=1S/C14H21N5O2S/c1-8(2)12-17-14(22-19-12)16-11(10-4-6-20-7-5-10)13-15-9(3)18-21-13/h8,10-11H,4-7H2,1-3H3,(H,16,17,19)/t11-/m1/s1. The molecule has 0 bridgehead atoms. The average Bonchev–Trinajstić information content (AvgIpc) is 3.15. The van der Waals surface area contributed by atoms with E-state index in [4.69, 9.17) is 9.26 Å². The van der Waals surface area contributed by atoms with Crippen LogP contribution in [0.25, 0.3) is 0 Å². The highest BCUT2D eigenvalue weighted by atomic mass is 32.1. The zero-order valence-corrected chi connectivity index (χ0v) is 13.9. The van der Waals surface area contributed by atoms with Crippen molar-refractivity contribution in [2.75, 3.05) is 18.5 Å². The first-order chi connectivity index (χ1) is 10.6. The van der Waals surface area contributed by atoms with E-state index in [-0.39, 0.29) is 6.04 Å². The van der Waals surface area contributed by atoms with Crippen LogP contribution in [0.15, 0.2) is 4.52 Å². The Balaban J connectivity index is 1.80. The predicted molar refractivity (Wildman–Crippen MR) is 82.9 cm³/mol. The first-order valence-corrected chi connectivity index (χ1v) is 8.39. The lowest BCUT2D eigenvalue weighted by molar-refractivity contribution is 0.0571. The van der Waals surface area contributed by atoms with Gasteiger partial charge in [0.25, 0.3) is 0 Å². The SMILES string of the molecule is Cc1noc([C@H](Nc2nc(C(C)C)ns2)C2CCOCC2)n1. The Morgan fingerprint density at radius 1 is 1.23 bits per heavy atom. The Bertz CT molecular complexity index is 606. The van der Waals surface area contributed by atoms with Crippen LogP contribution < -0.4 is 5.32 Å². The third kappa shape index (κ3) is 3.44. The van der Waals surface area contributed by atoms with Crippen LogP contribution in [0.4, 0.5) is 5.13 Å². The highest BCUT2D eigenvalue weighted by Gasteiger charge is 2.30.